The average Bonchev–Trinajstić information content (AvgIpc) is 2.72. The van der Waals surface area contributed by atoms with Crippen LogP contribution in [0.1, 0.15) is 11.1 Å². The summed E-state index contributed by atoms with van der Waals surface area (Å²) in [6.45, 7) is 0.00747. The third kappa shape index (κ3) is 8.32. The van der Waals surface area contributed by atoms with Crippen molar-refractivity contribution < 1.29 is 27.5 Å². The van der Waals surface area contributed by atoms with Gasteiger partial charge in [-0.2, -0.15) is 0 Å². The third-order valence-corrected chi connectivity index (χ3v) is 4.87. The van der Waals surface area contributed by atoms with E-state index < -0.39 is 34.0 Å². The molecule has 8 nitrogen and oxygen atoms in total. The first kappa shape index (κ1) is 23.5. The molecule has 0 spiro atoms. The predicted octanol–water partition coefficient (Wildman–Crippen LogP) is 1.02. The molecule has 2 N–H and O–H groups in total. The molecule has 0 unspecified atom stereocenters. The molecule has 9 heteroatoms. The Balaban J connectivity index is 2.06. The van der Waals surface area contributed by atoms with Crippen LogP contribution >= 0.6 is 0 Å². The topological polar surface area (TPSA) is 111 Å². The van der Waals surface area contributed by atoms with E-state index in [1.54, 1.807) is 0 Å². The first-order valence-corrected chi connectivity index (χ1v) is 11.2. The van der Waals surface area contributed by atoms with Crippen molar-refractivity contribution in [1.82, 2.24) is 10.0 Å². The van der Waals surface area contributed by atoms with Crippen molar-refractivity contribution >= 4 is 21.9 Å². The number of hydrogen-bond donors (Lipinski definition) is 2. The van der Waals surface area contributed by atoms with Crippen LogP contribution in [0.15, 0.2) is 60.7 Å². The van der Waals surface area contributed by atoms with Crippen molar-refractivity contribution in [1.29, 1.82) is 0 Å². The molecule has 2 rings (SSSR count). The van der Waals surface area contributed by atoms with Gasteiger partial charge in [0, 0.05) is 6.42 Å². The lowest BCUT2D eigenvalue weighted by molar-refractivity contribution is -0.145. The summed E-state index contributed by atoms with van der Waals surface area (Å²) in [5, 5.41) is 2.57. The Bertz CT molecular complexity index is 919. The molecule has 2 aromatic carbocycles. The van der Waals surface area contributed by atoms with E-state index >= 15 is 0 Å². The highest BCUT2D eigenvalue weighted by atomic mass is 32.2. The van der Waals surface area contributed by atoms with E-state index in [4.69, 9.17) is 9.47 Å². The number of benzene rings is 2. The van der Waals surface area contributed by atoms with Crippen molar-refractivity contribution in [2.24, 2.45) is 0 Å². The summed E-state index contributed by atoms with van der Waals surface area (Å²) in [7, 11) is -2.47. The van der Waals surface area contributed by atoms with Crippen molar-refractivity contribution in [2.75, 3.05) is 20.0 Å². The highest BCUT2D eigenvalue weighted by molar-refractivity contribution is 7.88. The molecule has 0 aliphatic carbocycles. The van der Waals surface area contributed by atoms with Gasteiger partial charge in [0.2, 0.25) is 15.9 Å². The monoisotopic (exact) mass is 434 g/mol. The maximum absolute atomic E-state index is 12.8. The first-order chi connectivity index (χ1) is 14.3. The third-order valence-electron chi connectivity index (χ3n) is 4.15. The molecular formula is C21H26N2O6S. The van der Waals surface area contributed by atoms with Crippen molar-refractivity contribution in [3.63, 3.8) is 0 Å². The van der Waals surface area contributed by atoms with Gasteiger partial charge >= 0.3 is 5.97 Å². The second-order valence-corrected chi connectivity index (χ2v) is 8.50. The molecule has 162 valence electrons. The quantitative estimate of drug-likeness (QED) is 0.511. The molecule has 0 radical (unpaired) electrons. The van der Waals surface area contributed by atoms with Crippen molar-refractivity contribution in [3.8, 4) is 0 Å². The summed E-state index contributed by atoms with van der Waals surface area (Å²) in [6.07, 6.45) is 1.15. The Hall–Kier alpha value is -2.75. The number of ether oxygens (including phenoxy) is 2. The van der Waals surface area contributed by atoms with Crippen LogP contribution in [-0.2, 0) is 42.1 Å². The molecule has 0 fully saturated rings. The summed E-state index contributed by atoms with van der Waals surface area (Å²) < 4.78 is 36.0. The van der Waals surface area contributed by atoms with Crippen molar-refractivity contribution in [2.45, 2.75) is 25.1 Å². The molecule has 30 heavy (non-hydrogen) atoms. The minimum atomic E-state index is -3.69. The van der Waals surface area contributed by atoms with Gasteiger partial charge in [-0.25, -0.2) is 17.9 Å². The van der Waals surface area contributed by atoms with E-state index in [1.807, 2.05) is 60.7 Å². The number of sulfonamides is 1. The molecule has 0 aliphatic rings. The van der Waals surface area contributed by atoms with Gasteiger partial charge < -0.3 is 14.8 Å². The van der Waals surface area contributed by atoms with E-state index in [1.165, 1.54) is 7.11 Å². The highest BCUT2D eigenvalue weighted by Crippen LogP contribution is 2.06. The lowest BCUT2D eigenvalue weighted by atomic mass is 10.1. The molecule has 0 bridgehead atoms. The zero-order chi connectivity index (χ0) is 22.0. The fourth-order valence-electron chi connectivity index (χ4n) is 2.75. The lowest BCUT2D eigenvalue weighted by Crippen LogP contribution is -2.54. The van der Waals surface area contributed by atoms with Crippen LogP contribution in [0, 0.1) is 0 Å². The number of amides is 1. The van der Waals surface area contributed by atoms with E-state index in [0.717, 1.165) is 17.4 Å². The number of carbonyl (C=O) groups excluding carboxylic acids is 2. The van der Waals surface area contributed by atoms with Crippen LogP contribution in [0.3, 0.4) is 0 Å². The van der Waals surface area contributed by atoms with Crippen LogP contribution in [0.2, 0.25) is 0 Å². The van der Waals surface area contributed by atoms with Gasteiger partial charge in [-0.05, 0) is 11.1 Å². The fraction of sp³-hybridized carbons (Fsp3) is 0.333. The number of methoxy groups -OCH3 is 1. The Morgan fingerprint density at radius 3 is 2.03 bits per heavy atom. The van der Waals surface area contributed by atoms with Gasteiger partial charge in [-0.3, -0.25) is 4.79 Å². The largest absolute Gasteiger partial charge is 0.467 e. The lowest BCUT2D eigenvalue weighted by Gasteiger charge is -2.22. The van der Waals surface area contributed by atoms with E-state index in [2.05, 4.69) is 10.0 Å². The summed E-state index contributed by atoms with van der Waals surface area (Å²) in [6, 6.07) is 16.2. The molecule has 1 amide bonds. The smallest absolute Gasteiger partial charge is 0.328 e. The predicted molar refractivity (Wildman–Crippen MR) is 112 cm³/mol. The fourth-order valence-corrected chi connectivity index (χ4v) is 3.44. The minimum absolute atomic E-state index is 0.201. The van der Waals surface area contributed by atoms with Gasteiger partial charge in [-0.15, -0.1) is 0 Å². The Kier molecular flexibility index (Phi) is 8.97. The Labute approximate surface area is 176 Å². The summed E-state index contributed by atoms with van der Waals surface area (Å²) in [4.78, 5) is 24.9. The van der Waals surface area contributed by atoms with Gasteiger partial charge in [0.1, 0.15) is 12.1 Å². The van der Waals surface area contributed by atoms with Gasteiger partial charge in [0.25, 0.3) is 0 Å². The number of hydrogen-bond acceptors (Lipinski definition) is 6. The van der Waals surface area contributed by atoms with E-state index in [0.29, 0.717) is 0 Å². The van der Waals surface area contributed by atoms with Crippen molar-refractivity contribution in [3.05, 3.63) is 71.8 Å². The second-order valence-electron chi connectivity index (χ2n) is 6.72. The molecule has 0 saturated heterocycles. The van der Waals surface area contributed by atoms with Crippen LogP contribution in [-0.4, -0.2) is 52.4 Å². The van der Waals surface area contributed by atoms with Gasteiger partial charge in [0.05, 0.1) is 26.6 Å². The average molecular weight is 435 g/mol. The number of esters is 1. The van der Waals surface area contributed by atoms with Crippen LogP contribution in [0.4, 0.5) is 0 Å². The molecule has 0 saturated carbocycles. The Morgan fingerprint density at radius 1 is 0.933 bits per heavy atom. The van der Waals surface area contributed by atoms with Crippen LogP contribution in [0.5, 0.6) is 0 Å². The highest BCUT2D eigenvalue weighted by Gasteiger charge is 2.28. The maximum Gasteiger partial charge on any atom is 0.328 e. The SMILES string of the molecule is COC(=O)[C@H](Cc1ccccc1)NC(=O)[C@@H](COCc1ccccc1)NS(C)(=O)=O. The summed E-state index contributed by atoms with van der Waals surface area (Å²) in [5.41, 5.74) is 1.70. The number of rotatable bonds is 11. The van der Waals surface area contributed by atoms with E-state index in [-0.39, 0.29) is 19.6 Å². The van der Waals surface area contributed by atoms with Gasteiger partial charge in [0.15, 0.2) is 0 Å². The zero-order valence-corrected chi connectivity index (χ0v) is 17.7. The molecule has 0 aliphatic heterocycles. The zero-order valence-electron chi connectivity index (χ0n) is 16.9. The summed E-state index contributed by atoms with van der Waals surface area (Å²) in [5.74, 6) is -1.31. The minimum Gasteiger partial charge on any atom is -0.467 e. The molecule has 2 aromatic rings. The normalized spacial score (nSPS) is 13.3. The Morgan fingerprint density at radius 2 is 1.50 bits per heavy atom. The molecular weight excluding hydrogens is 408 g/mol. The number of nitrogens with one attached hydrogen (secondary N) is 2. The molecule has 0 aromatic heterocycles. The number of carbonyl (C=O) groups is 2. The summed E-state index contributed by atoms with van der Waals surface area (Å²) >= 11 is 0. The standard InChI is InChI=1S/C21H26N2O6S/c1-28-21(25)18(13-16-9-5-3-6-10-16)22-20(24)19(23-30(2,26)27)15-29-14-17-11-7-4-8-12-17/h3-12,18-19,23H,13-15H2,1-2H3,(H,22,24)/t18-,19+/m0/s1. The molecule has 2 atom stereocenters. The van der Waals surface area contributed by atoms with E-state index in [9.17, 15) is 18.0 Å². The molecule has 0 heterocycles. The van der Waals surface area contributed by atoms with Crippen LogP contribution < -0.4 is 10.0 Å². The second kappa shape index (κ2) is 11.4. The van der Waals surface area contributed by atoms with Crippen LogP contribution in [0.25, 0.3) is 0 Å². The van der Waals surface area contributed by atoms with Gasteiger partial charge in [-0.1, -0.05) is 60.7 Å². The first-order valence-electron chi connectivity index (χ1n) is 9.29. The maximum atomic E-state index is 12.8.